The lowest BCUT2D eigenvalue weighted by Crippen LogP contribution is -2.07. The maximum absolute atomic E-state index is 11.9. The van der Waals surface area contributed by atoms with Gasteiger partial charge in [0.1, 0.15) is 5.78 Å². The van der Waals surface area contributed by atoms with Crippen molar-refractivity contribution in [1.82, 2.24) is 0 Å². The monoisotopic (exact) mass is 299 g/mol. The summed E-state index contributed by atoms with van der Waals surface area (Å²) in [6, 6.07) is 15.3. The molecule has 114 valence electrons. The van der Waals surface area contributed by atoms with E-state index in [4.69, 9.17) is 0 Å². The van der Waals surface area contributed by atoms with Crippen LogP contribution in [0.2, 0.25) is 0 Å². The molecule has 2 aromatic rings. The Morgan fingerprint density at radius 1 is 1.09 bits per heavy atom. The minimum Gasteiger partial charge on any atom is -0.388 e. The van der Waals surface area contributed by atoms with Gasteiger partial charge in [-0.3, -0.25) is 14.9 Å². The Labute approximate surface area is 128 Å². The molecule has 0 saturated heterocycles. The van der Waals surface area contributed by atoms with Crippen LogP contribution in [0, 0.1) is 10.1 Å². The number of carbonyl (C=O) groups is 1. The number of aliphatic hydroxyl groups excluding tert-OH is 1. The lowest BCUT2D eigenvalue weighted by atomic mass is 10.00. The fourth-order valence-electron chi connectivity index (χ4n) is 2.18. The van der Waals surface area contributed by atoms with E-state index in [1.165, 1.54) is 24.3 Å². The highest BCUT2D eigenvalue weighted by Gasteiger charge is 2.14. The summed E-state index contributed by atoms with van der Waals surface area (Å²) in [5.74, 6) is -0.0327. The lowest BCUT2D eigenvalue weighted by Gasteiger charge is -2.10. The van der Waals surface area contributed by atoms with E-state index in [-0.39, 0.29) is 17.9 Å². The summed E-state index contributed by atoms with van der Waals surface area (Å²) in [7, 11) is 0. The molecule has 0 heterocycles. The molecule has 0 saturated carbocycles. The summed E-state index contributed by atoms with van der Waals surface area (Å²) in [4.78, 5) is 22.0. The van der Waals surface area contributed by atoms with Crippen molar-refractivity contribution in [2.45, 2.75) is 25.4 Å². The van der Waals surface area contributed by atoms with E-state index in [1.54, 1.807) is 0 Å². The van der Waals surface area contributed by atoms with Crippen molar-refractivity contribution < 1.29 is 14.8 Å². The molecule has 0 fully saturated rings. The van der Waals surface area contributed by atoms with E-state index in [9.17, 15) is 20.0 Å². The number of hydrogen-bond acceptors (Lipinski definition) is 4. The minimum absolute atomic E-state index is 0.0185. The summed E-state index contributed by atoms with van der Waals surface area (Å²) >= 11 is 0. The van der Waals surface area contributed by atoms with Crippen molar-refractivity contribution in [2.75, 3.05) is 0 Å². The van der Waals surface area contributed by atoms with E-state index >= 15 is 0 Å². The van der Waals surface area contributed by atoms with Gasteiger partial charge in [0, 0.05) is 25.0 Å². The number of rotatable bonds is 7. The van der Waals surface area contributed by atoms with Crippen molar-refractivity contribution in [2.24, 2.45) is 0 Å². The van der Waals surface area contributed by atoms with Gasteiger partial charge in [0.15, 0.2) is 0 Å². The van der Waals surface area contributed by atoms with Crippen LogP contribution in [0.5, 0.6) is 0 Å². The quantitative estimate of drug-likeness (QED) is 0.628. The van der Waals surface area contributed by atoms with Gasteiger partial charge >= 0.3 is 0 Å². The van der Waals surface area contributed by atoms with Gasteiger partial charge in [-0.2, -0.15) is 0 Å². The smallest absolute Gasteiger partial charge is 0.269 e. The van der Waals surface area contributed by atoms with Crippen LogP contribution in [0.15, 0.2) is 54.6 Å². The fourth-order valence-corrected chi connectivity index (χ4v) is 2.18. The van der Waals surface area contributed by atoms with E-state index in [2.05, 4.69) is 0 Å². The number of carbonyl (C=O) groups excluding carboxylic acids is 1. The molecule has 0 bridgehead atoms. The predicted octanol–water partition coefficient (Wildman–Crippen LogP) is 3.22. The average Bonchev–Trinajstić information content (AvgIpc) is 2.54. The Balaban J connectivity index is 1.86. The van der Waals surface area contributed by atoms with Crippen LogP contribution in [0.4, 0.5) is 5.69 Å². The van der Waals surface area contributed by atoms with Crippen molar-refractivity contribution in [3.05, 3.63) is 75.8 Å². The molecule has 2 rings (SSSR count). The molecule has 0 aliphatic heterocycles. The number of benzene rings is 2. The van der Waals surface area contributed by atoms with Crippen LogP contribution in [-0.4, -0.2) is 15.8 Å². The summed E-state index contributed by atoms with van der Waals surface area (Å²) in [6.45, 7) is 0. The van der Waals surface area contributed by atoms with Crippen LogP contribution in [-0.2, 0) is 11.2 Å². The van der Waals surface area contributed by atoms with Crippen LogP contribution in [0.25, 0.3) is 0 Å². The SMILES string of the molecule is O=C(CCc1ccccc1)C[C@@H](O)c1ccc([N+](=O)[O-])cc1. The van der Waals surface area contributed by atoms with E-state index < -0.39 is 11.0 Å². The fraction of sp³-hybridized carbons (Fsp3) is 0.235. The lowest BCUT2D eigenvalue weighted by molar-refractivity contribution is -0.384. The van der Waals surface area contributed by atoms with E-state index in [0.717, 1.165) is 5.56 Å². The van der Waals surface area contributed by atoms with Gasteiger partial charge in [0.25, 0.3) is 5.69 Å². The van der Waals surface area contributed by atoms with Crippen molar-refractivity contribution in [3.8, 4) is 0 Å². The van der Waals surface area contributed by atoms with Crippen molar-refractivity contribution >= 4 is 11.5 Å². The Morgan fingerprint density at radius 3 is 2.32 bits per heavy atom. The summed E-state index contributed by atoms with van der Waals surface area (Å²) in [6.07, 6.45) is 0.106. The number of nitro groups is 1. The Bertz CT molecular complexity index is 637. The number of nitrogens with zero attached hydrogens (tertiary/aromatic N) is 1. The second-order valence-electron chi connectivity index (χ2n) is 5.09. The van der Waals surface area contributed by atoms with Crippen LogP contribution in [0.1, 0.15) is 30.1 Å². The number of aryl methyl sites for hydroxylation is 1. The first-order valence-corrected chi connectivity index (χ1v) is 7.04. The Morgan fingerprint density at radius 2 is 1.73 bits per heavy atom. The van der Waals surface area contributed by atoms with Gasteiger partial charge in [0.2, 0.25) is 0 Å². The van der Waals surface area contributed by atoms with Crippen LogP contribution >= 0.6 is 0 Å². The van der Waals surface area contributed by atoms with Gasteiger partial charge in [-0.1, -0.05) is 30.3 Å². The second kappa shape index (κ2) is 7.47. The zero-order valence-electron chi connectivity index (χ0n) is 12.0. The normalized spacial score (nSPS) is 11.9. The highest BCUT2D eigenvalue weighted by molar-refractivity contribution is 5.79. The first kappa shape index (κ1) is 15.9. The largest absolute Gasteiger partial charge is 0.388 e. The molecule has 0 spiro atoms. The van der Waals surface area contributed by atoms with Gasteiger partial charge in [0.05, 0.1) is 11.0 Å². The predicted molar refractivity (Wildman–Crippen MR) is 82.4 cm³/mol. The zero-order valence-corrected chi connectivity index (χ0v) is 12.0. The number of aliphatic hydroxyl groups is 1. The molecule has 1 N–H and O–H groups in total. The Kier molecular flexibility index (Phi) is 5.38. The molecule has 0 radical (unpaired) electrons. The summed E-state index contributed by atoms with van der Waals surface area (Å²) in [5, 5.41) is 20.6. The van der Waals surface area contributed by atoms with Crippen molar-refractivity contribution in [3.63, 3.8) is 0 Å². The summed E-state index contributed by atoms with van der Waals surface area (Å²) < 4.78 is 0. The second-order valence-corrected chi connectivity index (χ2v) is 5.09. The van der Waals surface area contributed by atoms with Gasteiger partial charge in [-0.25, -0.2) is 0 Å². The third kappa shape index (κ3) is 4.49. The highest BCUT2D eigenvalue weighted by atomic mass is 16.6. The van der Waals surface area contributed by atoms with Crippen molar-refractivity contribution in [1.29, 1.82) is 0 Å². The standard InChI is InChI=1S/C17H17NO4/c19-16(11-6-13-4-2-1-3-5-13)12-17(20)14-7-9-15(10-8-14)18(21)22/h1-5,7-10,17,20H,6,11-12H2/t17-/m1/s1. The number of non-ortho nitro benzene ring substituents is 1. The molecule has 0 unspecified atom stereocenters. The van der Waals surface area contributed by atoms with Gasteiger partial charge in [-0.05, 0) is 29.7 Å². The molecule has 0 aliphatic rings. The molecular formula is C17H17NO4. The van der Waals surface area contributed by atoms with Crippen LogP contribution in [0.3, 0.4) is 0 Å². The highest BCUT2D eigenvalue weighted by Crippen LogP contribution is 2.21. The van der Waals surface area contributed by atoms with Crippen LogP contribution < -0.4 is 0 Å². The molecule has 5 heteroatoms. The number of hydrogen-bond donors (Lipinski definition) is 1. The molecular weight excluding hydrogens is 282 g/mol. The molecule has 1 atom stereocenters. The number of ketones is 1. The number of nitro benzene ring substituents is 1. The first-order valence-electron chi connectivity index (χ1n) is 7.04. The first-order chi connectivity index (χ1) is 10.6. The van der Waals surface area contributed by atoms with Gasteiger partial charge < -0.3 is 5.11 Å². The third-order valence-electron chi connectivity index (χ3n) is 3.45. The van der Waals surface area contributed by atoms with E-state index in [1.807, 2.05) is 30.3 Å². The molecule has 2 aromatic carbocycles. The zero-order chi connectivity index (χ0) is 15.9. The van der Waals surface area contributed by atoms with E-state index in [0.29, 0.717) is 18.4 Å². The molecule has 5 nitrogen and oxygen atoms in total. The number of Topliss-reactive ketones (excluding diaryl/α,β-unsaturated/α-hetero) is 1. The topological polar surface area (TPSA) is 80.4 Å². The Hall–Kier alpha value is -2.53. The summed E-state index contributed by atoms with van der Waals surface area (Å²) in [5.41, 5.74) is 1.56. The molecule has 0 aromatic heterocycles. The molecule has 0 aliphatic carbocycles. The maximum atomic E-state index is 11.9. The molecule has 0 amide bonds. The third-order valence-corrected chi connectivity index (χ3v) is 3.45. The molecule has 22 heavy (non-hydrogen) atoms. The maximum Gasteiger partial charge on any atom is 0.269 e. The minimum atomic E-state index is -0.927. The van der Waals surface area contributed by atoms with Gasteiger partial charge in [-0.15, -0.1) is 0 Å². The average molecular weight is 299 g/mol.